The van der Waals surface area contributed by atoms with E-state index in [9.17, 15) is 20.2 Å². The van der Waals surface area contributed by atoms with E-state index in [2.05, 4.69) is 17.5 Å². The van der Waals surface area contributed by atoms with Crippen LogP contribution in [0.2, 0.25) is 5.02 Å². The number of allylic oxidation sites excluding steroid dienone is 2. The van der Waals surface area contributed by atoms with Gasteiger partial charge >= 0.3 is 0 Å². The summed E-state index contributed by atoms with van der Waals surface area (Å²) in [5.74, 6) is 0.186. The van der Waals surface area contributed by atoms with E-state index in [1.807, 2.05) is 0 Å². The Morgan fingerprint density at radius 2 is 1.73 bits per heavy atom. The van der Waals surface area contributed by atoms with Crippen LogP contribution in [0.25, 0.3) is 0 Å². The van der Waals surface area contributed by atoms with Crippen LogP contribution in [0.3, 0.4) is 0 Å². The van der Waals surface area contributed by atoms with Crippen molar-refractivity contribution in [3.05, 3.63) is 84.9 Å². The van der Waals surface area contributed by atoms with Crippen molar-refractivity contribution in [3.8, 4) is 0 Å². The molecule has 2 aromatic rings. The first-order valence-corrected chi connectivity index (χ1v) is 8.49. The Balaban J connectivity index is 1.77. The molecule has 0 unspecified atom stereocenters. The lowest BCUT2D eigenvalue weighted by Crippen LogP contribution is -2.29. The maximum absolute atomic E-state index is 11.2. The summed E-state index contributed by atoms with van der Waals surface area (Å²) < 4.78 is 0. The molecule has 0 saturated carbocycles. The van der Waals surface area contributed by atoms with Crippen LogP contribution in [-0.2, 0) is 0 Å². The molecule has 0 saturated heterocycles. The molecule has 0 spiro atoms. The molecule has 7 nitrogen and oxygen atoms in total. The fraction of sp³-hybridized carbons (Fsp3) is 0.222. The van der Waals surface area contributed by atoms with Crippen molar-refractivity contribution in [2.75, 3.05) is 5.32 Å². The second-order valence-corrected chi connectivity index (χ2v) is 6.88. The van der Waals surface area contributed by atoms with E-state index in [4.69, 9.17) is 11.6 Å². The van der Waals surface area contributed by atoms with Crippen LogP contribution in [0.1, 0.15) is 29.5 Å². The second kappa shape index (κ2) is 6.10. The summed E-state index contributed by atoms with van der Waals surface area (Å²) in [4.78, 5) is 21.2. The highest BCUT2D eigenvalue weighted by atomic mass is 35.5. The molecule has 0 amide bonds. The van der Waals surface area contributed by atoms with Crippen LogP contribution >= 0.6 is 11.6 Å². The molecule has 1 aliphatic carbocycles. The summed E-state index contributed by atoms with van der Waals surface area (Å²) in [7, 11) is 0. The van der Waals surface area contributed by atoms with Gasteiger partial charge in [0, 0.05) is 30.2 Å². The molecule has 132 valence electrons. The summed E-state index contributed by atoms with van der Waals surface area (Å²) in [6, 6.07) is 9.31. The van der Waals surface area contributed by atoms with Crippen molar-refractivity contribution in [1.82, 2.24) is 0 Å². The van der Waals surface area contributed by atoms with Gasteiger partial charge in [-0.05, 0) is 23.5 Å². The highest BCUT2D eigenvalue weighted by Crippen LogP contribution is 2.52. The average molecular weight is 372 g/mol. The van der Waals surface area contributed by atoms with Crippen molar-refractivity contribution in [2.24, 2.45) is 5.92 Å². The first-order valence-electron chi connectivity index (χ1n) is 8.11. The standard InChI is InChI=1S/C18H14ClN3O4/c19-16-9-12(22(25)26)8-15-13-2-1-3-14(13)17(20-18(15)16)10-4-6-11(7-5-10)21(23)24/h1-2,4-9,13-14,17,20H,3H2/t13-,14+,17-/m0/s1. The minimum absolute atomic E-state index is 0.0174. The number of nitro benzene ring substituents is 2. The first-order chi connectivity index (χ1) is 12.5. The fourth-order valence-corrected chi connectivity index (χ4v) is 4.15. The van der Waals surface area contributed by atoms with Crippen molar-refractivity contribution in [1.29, 1.82) is 0 Å². The third kappa shape index (κ3) is 2.61. The smallest absolute Gasteiger partial charge is 0.271 e. The van der Waals surface area contributed by atoms with Crippen LogP contribution in [-0.4, -0.2) is 9.85 Å². The van der Waals surface area contributed by atoms with Crippen LogP contribution in [0.4, 0.5) is 17.1 Å². The summed E-state index contributed by atoms with van der Waals surface area (Å²) in [5, 5.41) is 25.7. The lowest BCUT2D eigenvalue weighted by Gasteiger charge is -2.37. The Bertz CT molecular complexity index is 942. The van der Waals surface area contributed by atoms with Crippen LogP contribution < -0.4 is 5.32 Å². The largest absolute Gasteiger partial charge is 0.376 e. The number of hydrogen-bond acceptors (Lipinski definition) is 5. The molecule has 2 aliphatic rings. The number of nitro groups is 2. The summed E-state index contributed by atoms with van der Waals surface area (Å²) in [5.41, 5.74) is 2.45. The number of nitrogens with one attached hydrogen (secondary N) is 1. The van der Waals surface area contributed by atoms with E-state index in [0.29, 0.717) is 10.7 Å². The molecule has 1 heterocycles. The third-order valence-electron chi connectivity index (χ3n) is 5.08. The van der Waals surface area contributed by atoms with E-state index < -0.39 is 9.85 Å². The molecular weight excluding hydrogens is 358 g/mol. The number of anilines is 1. The highest BCUT2D eigenvalue weighted by molar-refractivity contribution is 6.33. The van der Waals surface area contributed by atoms with Crippen LogP contribution in [0, 0.1) is 26.1 Å². The lowest BCUT2D eigenvalue weighted by atomic mass is 9.77. The number of fused-ring (bicyclic) bond motifs is 3. The minimum Gasteiger partial charge on any atom is -0.376 e. The zero-order valence-electron chi connectivity index (χ0n) is 13.5. The van der Waals surface area contributed by atoms with Gasteiger partial charge in [-0.3, -0.25) is 20.2 Å². The fourth-order valence-electron chi connectivity index (χ4n) is 3.88. The number of hydrogen-bond donors (Lipinski definition) is 1. The predicted molar refractivity (Wildman–Crippen MR) is 97.6 cm³/mol. The number of nitrogens with zero attached hydrogens (tertiary/aromatic N) is 2. The zero-order chi connectivity index (χ0) is 18.4. The highest BCUT2D eigenvalue weighted by Gasteiger charge is 2.39. The molecule has 26 heavy (non-hydrogen) atoms. The van der Waals surface area contributed by atoms with Crippen molar-refractivity contribution in [3.63, 3.8) is 0 Å². The Kier molecular flexibility index (Phi) is 3.88. The van der Waals surface area contributed by atoms with Gasteiger partial charge < -0.3 is 5.32 Å². The Morgan fingerprint density at radius 1 is 1.04 bits per heavy atom. The van der Waals surface area contributed by atoms with E-state index in [1.165, 1.54) is 18.2 Å². The van der Waals surface area contributed by atoms with Gasteiger partial charge in [-0.25, -0.2) is 0 Å². The Hall–Kier alpha value is -2.93. The maximum atomic E-state index is 11.2. The Morgan fingerprint density at radius 3 is 2.38 bits per heavy atom. The van der Waals surface area contributed by atoms with Crippen molar-refractivity contribution >= 4 is 28.7 Å². The normalized spacial score (nSPS) is 23.0. The molecule has 0 bridgehead atoms. The van der Waals surface area contributed by atoms with Crippen LogP contribution in [0.5, 0.6) is 0 Å². The second-order valence-electron chi connectivity index (χ2n) is 6.47. The van der Waals surface area contributed by atoms with E-state index in [-0.39, 0.29) is 29.3 Å². The van der Waals surface area contributed by atoms with Gasteiger partial charge in [0.2, 0.25) is 0 Å². The minimum atomic E-state index is -0.442. The number of non-ortho nitro benzene ring substituents is 2. The number of halogens is 1. The molecule has 1 aliphatic heterocycles. The first kappa shape index (κ1) is 16.5. The third-order valence-corrected chi connectivity index (χ3v) is 5.38. The van der Waals surface area contributed by atoms with Gasteiger partial charge in [-0.15, -0.1) is 0 Å². The van der Waals surface area contributed by atoms with E-state index >= 15 is 0 Å². The monoisotopic (exact) mass is 371 g/mol. The quantitative estimate of drug-likeness (QED) is 0.466. The van der Waals surface area contributed by atoms with E-state index in [1.54, 1.807) is 18.2 Å². The molecule has 0 fully saturated rings. The summed E-state index contributed by atoms with van der Waals surface area (Å²) in [6.45, 7) is 0. The Labute approximate surface area is 153 Å². The van der Waals surface area contributed by atoms with Gasteiger partial charge in [0.25, 0.3) is 11.4 Å². The predicted octanol–water partition coefficient (Wildman–Crippen LogP) is 4.98. The van der Waals surface area contributed by atoms with Gasteiger partial charge in [0.15, 0.2) is 0 Å². The van der Waals surface area contributed by atoms with Gasteiger partial charge in [-0.2, -0.15) is 0 Å². The average Bonchev–Trinajstić information content (AvgIpc) is 3.11. The molecule has 3 atom stereocenters. The zero-order valence-corrected chi connectivity index (χ0v) is 14.2. The SMILES string of the molecule is O=[N+]([O-])c1ccc([C@@H]2Nc3c(Cl)cc([N+](=O)[O-])cc3[C@H]3C=CC[C@H]32)cc1. The van der Waals surface area contributed by atoms with Crippen LogP contribution in [0.15, 0.2) is 48.6 Å². The molecule has 0 radical (unpaired) electrons. The topological polar surface area (TPSA) is 98.3 Å². The van der Waals surface area contributed by atoms with Crippen molar-refractivity contribution < 1.29 is 9.85 Å². The van der Waals surface area contributed by atoms with Gasteiger partial charge in [-0.1, -0.05) is 35.9 Å². The van der Waals surface area contributed by atoms with Gasteiger partial charge in [0.1, 0.15) is 0 Å². The summed E-state index contributed by atoms with van der Waals surface area (Å²) in [6.07, 6.45) is 4.94. The number of benzene rings is 2. The molecular formula is C18H14ClN3O4. The summed E-state index contributed by atoms with van der Waals surface area (Å²) >= 11 is 6.32. The maximum Gasteiger partial charge on any atom is 0.271 e. The molecule has 8 heteroatoms. The number of rotatable bonds is 3. The lowest BCUT2D eigenvalue weighted by molar-refractivity contribution is -0.385. The molecule has 1 N–H and O–H groups in total. The van der Waals surface area contributed by atoms with Gasteiger partial charge in [0.05, 0.1) is 26.6 Å². The molecule has 2 aromatic carbocycles. The molecule has 4 rings (SSSR count). The van der Waals surface area contributed by atoms with E-state index in [0.717, 1.165) is 17.5 Å². The molecule has 0 aromatic heterocycles. The van der Waals surface area contributed by atoms with Crippen molar-refractivity contribution in [2.45, 2.75) is 18.4 Å².